The van der Waals surface area contributed by atoms with Gasteiger partial charge in [0.15, 0.2) is 0 Å². The van der Waals surface area contributed by atoms with Gasteiger partial charge < -0.3 is 5.11 Å². The first-order valence-electron chi connectivity index (χ1n) is 7.08. The lowest BCUT2D eigenvalue weighted by Gasteiger charge is -2.42. The minimum atomic E-state index is -0.151. The molecular weight excluding hydrogens is 198 g/mol. The molecule has 16 heavy (non-hydrogen) atoms. The molecular formula is C14H29NO. The van der Waals surface area contributed by atoms with Gasteiger partial charge in [-0.15, -0.1) is 0 Å². The maximum atomic E-state index is 10.4. The van der Waals surface area contributed by atoms with Crippen LogP contribution in [0.15, 0.2) is 0 Å². The molecule has 0 aromatic heterocycles. The van der Waals surface area contributed by atoms with Crippen molar-refractivity contribution in [2.45, 2.75) is 77.4 Å². The highest BCUT2D eigenvalue weighted by Gasteiger charge is 2.37. The van der Waals surface area contributed by atoms with Crippen molar-refractivity contribution in [2.24, 2.45) is 0 Å². The zero-order valence-electron chi connectivity index (χ0n) is 11.3. The van der Waals surface area contributed by atoms with Crippen LogP contribution >= 0.6 is 0 Å². The van der Waals surface area contributed by atoms with Gasteiger partial charge in [-0.05, 0) is 45.7 Å². The average Bonchev–Trinajstić information content (AvgIpc) is 2.82. The molecule has 0 aromatic rings. The second kappa shape index (κ2) is 6.61. The van der Waals surface area contributed by atoms with Gasteiger partial charge in [-0.1, -0.05) is 33.1 Å². The molecule has 1 heterocycles. The standard InChI is InChI=1S/C14H29NO/c1-4-6-7-10-13(16)14(3,5-2)15-11-8-9-12-15/h13,16H,4-12H2,1-3H3. The third-order valence-electron chi connectivity index (χ3n) is 4.34. The van der Waals surface area contributed by atoms with E-state index < -0.39 is 0 Å². The van der Waals surface area contributed by atoms with Gasteiger partial charge >= 0.3 is 0 Å². The second-order valence-corrected chi connectivity index (χ2v) is 5.42. The Morgan fingerprint density at radius 1 is 1.19 bits per heavy atom. The van der Waals surface area contributed by atoms with Crippen molar-refractivity contribution < 1.29 is 5.11 Å². The summed E-state index contributed by atoms with van der Waals surface area (Å²) < 4.78 is 0. The molecule has 0 saturated carbocycles. The van der Waals surface area contributed by atoms with E-state index in [-0.39, 0.29) is 11.6 Å². The van der Waals surface area contributed by atoms with E-state index in [0.717, 1.165) is 12.8 Å². The third kappa shape index (κ3) is 3.21. The Morgan fingerprint density at radius 3 is 2.31 bits per heavy atom. The molecule has 0 aliphatic carbocycles. The molecule has 1 fully saturated rings. The molecule has 2 heteroatoms. The Bertz CT molecular complexity index is 189. The molecule has 96 valence electrons. The lowest BCUT2D eigenvalue weighted by atomic mass is 9.86. The average molecular weight is 227 g/mol. The van der Waals surface area contributed by atoms with Gasteiger partial charge in [0.25, 0.3) is 0 Å². The monoisotopic (exact) mass is 227 g/mol. The van der Waals surface area contributed by atoms with Crippen LogP contribution in [0.3, 0.4) is 0 Å². The fourth-order valence-corrected chi connectivity index (χ4v) is 2.80. The first-order chi connectivity index (χ1) is 7.65. The first-order valence-corrected chi connectivity index (χ1v) is 7.08. The maximum absolute atomic E-state index is 10.4. The topological polar surface area (TPSA) is 23.5 Å². The van der Waals surface area contributed by atoms with Crippen LogP contribution in [0.5, 0.6) is 0 Å². The van der Waals surface area contributed by atoms with Gasteiger partial charge in [0.2, 0.25) is 0 Å². The Balaban J connectivity index is 2.48. The van der Waals surface area contributed by atoms with E-state index in [0.29, 0.717) is 0 Å². The minimum Gasteiger partial charge on any atom is -0.391 e. The van der Waals surface area contributed by atoms with E-state index in [1.165, 1.54) is 45.2 Å². The Kier molecular flexibility index (Phi) is 5.77. The van der Waals surface area contributed by atoms with Crippen LogP contribution in [0.2, 0.25) is 0 Å². The van der Waals surface area contributed by atoms with Gasteiger partial charge in [0.05, 0.1) is 6.10 Å². The number of nitrogens with zero attached hydrogens (tertiary/aromatic N) is 1. The van der Waals surface area contributed by atoms with Crippen molar-refractivity contribution in [1.82, 2.24) is 4.90 Å². The summed E-state index contributed by atoms with van der Waals surface area (Å²) in [6, 6.07) is 0. The van der Waals surface area contributed by atoms with E-state index in [4.69, 9.17) is 0 Å². The zero-order valence-corrected chi connectivity index (χ0v) is 11.3. The van der Waals surface area contributed by atoms with Gasteiger partial charge in [-0.25, -0.2) is 0 Å². The third-order valence-corrected chi connectivity index (χ3v) is 4.34. The molecule has 0 radical (unpaired) electrons. The summed E-state index contributed by atoms with van der Waals surface area (Å²) in [4.78, 5) is 2.50. The SMILES string of the molecule is CCCCCC(O)C(C)(CC)N1CCCC1. The van der Waals surface area contributed by atoms with Crippen LogP contribution in [-0.2, 0) is 0 Å². The minimum absolute atomic E-state index is 0.0181. The van der Waals surface area contributed by atoms with Crippen LogP contribution in [0.4, 0.5) is 0 Å². The number of hydrogen-bond acceptors (Lipinski definition) is 2. The van der Waals surface area contributed by atoms with E-state index in [1.54, 1.807) is 0 Å². The van der Waals surface area contributed by atoms with Crippen molar-refractivity contribution in [3.8, 4) is 0 Å². The number of aliphatic hydroxyl groups excluding tert-OH is 1. The smallest absolute Gasteiger partial charge is 0.0721 e. The highest BCUT2D eigenvalue weighted by atomic mass is 16.3. The normalized spacial score (nSPS) is 23.2. The molecule has 1 N–H and O–H groups in total. The van der Waals surface area contributed by atoms with Crippen LogP contribution < -0.4 is 0 Å². The maximum Gasteiger partial charge on any atom is 0.0721 e. The van der Waals surface area contributed by atoms with Crippen molar-refractivity contribution in [3.63, 3.8) is 0 Å². The Morgan fingerprint density at radius 2 is 1.81 bits per heavy atom. The number of likely N-dealkylation sites (tertiary alicyclic amines) is 1. The predicted octanol–water partition coefficient (Wildman–Crippen LogP) is 3.19. The lowest BCUT2D eigenvalue weighted by Crippen LogP contribution is -2.53. The molecule has 1 rings (SSSR count). The highest BCUT2D eigenvalue weighted by molar-refractivity contribution is 4.93. The van der Waals surface area contributed by atoms with E-state index >= 15 is 0 Å². The summed E-state index contributed by atoms with van der Waals surface area (Å²) in [5, 5.41) is 10.4. The molecule has 1 aliphatic heterocycles. The van der Waals surface area contributed by atoms with Crippen molar-refractivity contribution in [2.75, 3.05) is 13.1 Å². The zero-order chi connectivity index (χ0) is 12.0. The number of hydrogen-bond donors (Lipinski definition) is 1. The van der Waals surface area contributed by atoms with Crippen molar-refractivity contribution >= 4 is 0 Å². The lowest BCUT2D eigenvalue weighted by molar-refractivity contribution is -0.0177. The molecule has 0 amide bonds. The van der Waals surface area contributed by atoms with Gasteiger partial charge in [-0.3, -0.25) is 4.90 Å². The Hall–Kier alpha value is -0.0800. The first kappa shape index (κ1) is 14.0. The van der Waals surface area contributed by atoms with E-state index in [9.17, 15) is 5.11 Å². The molecule has 2 unspecified atom stereocenters. The number of aliphatic hydroxyl groups is 1. The van der Waals surface area contributed by atoms with Gasteiger partial charge in [-0.2, -0.15) is 0 Å². The van der Waals surface area contributed by atoms with Crippen LogP contribution in [0, 0.1) is 0 Å². The summed E-state index contributed by atoms with van der Waals surface area (Å²) >= 11 is 0. The molecule has 2 atom stereocenters. The number of unbranched alkanes of at least 4 members (excludes halogenated alkanes) is 2. The fraction of sp³-hybridized carbons (Fsp3) is 1.00. The van der Waals surface area contributed by atoms with E-state index in [1.807, 2.05) is 0 Å². The Labute approximate surface area is 101 Å². The summed E-state index contributed by atoms with van der Waals surface area (Å²) in [7, 11) is 0. The van der Waals surface area contributed by atoms with Crippen molar-refractivity contribution in [3.05, 3.63) is 0 Å². The second-order valence-electron chi connectivity index (χ2n) is 5.42. The summed E-state index contributed by atoms with van der Waals surface area (Å²) in [6.07, 6.45) is 8.13. The van der Waals surface area contributed by atoms with Crippen LogP contribution in [0.1, 0.15) is 65.7 Å². The predicted molar refractivity (Wildman–Crippen MR) is 69.7 cm³/mol. The summed E-state index contributed by atoms with van der Waals surface area (Å²) in [6.45, 7) is 9.02. The largest absolute Gasteiger partial charge is 0.391 e. The molecule has 0 aromatic carbocycles. The van der Waals surface area contributed by atoms with Crippen LogP contribution in [0.25, 0.3) is 0 Å². The van der Waals surface area contributed by atoms with Gasteiger partial charge in [0.1, 0.15) is 0 Å². The molecule has 0 spiro atoms. The number of rotatable bonds is 7. The van der Waals surface area contributed by atoms with Crippen molar-refractivity contribution in [1.29, 1.82) is 0 Å². The summed E-state index contributed by atoms with van der Waals surface area (Å²) in [5.74, 6) is 0. The molecule has 1 saturated heterocycles. The highest BCUT2D eigenvalue weighted by Crippen LogP contribution is 2.30. The van der Waals surface area contributed by atoms with Crippen LogP contribution in [-0.4, -0.2) is 34.7 Å². The van der Waals surface area contributed by atoms with E-state index in [2.05, 4.69) is 25.7 Å². The quantitative estimate of drug-likeness (QED) is 0.675. The molecule has 0 bridgehead atoms. The fourth-order valence-electron chi connectivity index (χ4n) is 2.80. The molecule has 1 aliphatic rings. The van der Waals surface area contributed by atoms with Gasteiger partial charge in [0, 0.05) is 5.54 Å². The summed E-state index contributed by atoms with van der Waals surface area (Å²) in [5.41, 5.74) is 0.0181. The molecule has 2 nitrogen and oxygen atoms in total.